The molecule has 2 atom stereocenters. The van der Waals surface area contributed by atoms with Crippen LogP contribution in [0.5, 0.6) is 0 Å². The molecule has 1 heterocycles. The summed E-state index contributed by atoms with van der Waals surface area (Å²) in [5.41, 5.74) is 3.90. The molecule has 112 valence electrons. The highest BCUT2D eigenvalue weighted by Crippen LogP contribution is 2.37. The standard InChI is InChI=1S/C16H12Cl2N2O2/c17-12-8-6-10(7-9-12)14-13(18)16(22)20(14)19-15(21)11-4-2-1-3-5-11/h1-9,13-14H,(H,19,21). The monoisotopic (exact) mass is 334 g/mol. The third-order valence-electron chi connectivity index (χ3n) is 3.50. The van der Waals surface area contributed by atoms with E-state index in [4.69, 9.17) is 23.2 Å². The summed E-state index contributed by atoms with van der Waals surface area (Å²) < 4.78 is 0. The molecule has 2 aromatic rings. The number of rotatable bonds is 3. The van der Waals surface area contributed by atoms with Crippen molar-refractivity contribution in [3.05, 3.63) is 70.7 Å². The number of nitrogens with zero attached hydrogens (tertiary/aromatic N) is 1. The topological polar surface area (TPSA) is 49.4 Å². The molecule has 4 nitrogen and oxygen atoms in total. The number of carbonyl (C=O) groups excluding carboxylic acids is 2. The zero-order valence-electron chi connectivity index (χ0n) is 11.4. The first-order valence-electron chi connectivity index (χ1n) is 6.66. The maximum absolute atomic E-state index is 12.2. The molecule has 22 heavy (non-hydrogen) atoms. The summed E-state index contributed by atoms with van der Waals surface area (Å²) in [6.07, 6.45) is 0. The van der Waals surface area contributed by atoms with Gasteiger partial charge in [-0.25, -0.2) is 5.01 Å². The third kappa shape index (κ3) is 2.67. The highest BCUT2D eigenvalue weighted by molar-refractivity contribution is 6.33. The fourth-order valence-electron chi connectivity index (χ4n) is 2.32. The lowest BCUT2D eigenvalue weighted by Crippen LogP contribution is -2.63. The molecule has 0 aromatic heterocycles. The van der Waals surface area contributed by atoms with Crippen LogP contribution in [0.1, 0.15) is 22.0 Å². The molecule has 1 fully saturated rings. The second kappa shape index (κ2) is 5.99. The van der Waals surface area contributed by atoms with Crippen molar-refractivity contribution in [2.24, 2.45) is 0 Å². The highest BCUT2D eigenvalue weighted by Gasteiger charge is 2.48. The molecule has 1 aliphatic heterocycles. The zero-order chi connectivity index (χ0) is 15.7. The van der Waals surface area contributed by atoms with Crippen molar-refractivity contribution >= 4 is 35.0 Å². The van der Waals surface area contributed by atoms with E-state index in [-0.39, 0.29) is 11.8 Å². The van der Waals surface area contributed by atoms with E-state index >= 15 is 0 Å². The van der Waals surface area contributed by atoms with Crippen molar-refractivity contribution in [1.29, 1.82) is 0 Å². The van der Waals surface area contributed by atoms with Gasteiger partial charge in [-0.15, -0.1) is 11.6 Å². The molecule has 1 N–H and O–H groups in total. The first-order chi connectivity index (χ1) is 10.6. The average molecular weight is 335 g/mol. The first-order valence-corrected chi connectivity index (χ1v) is 7.48. The Morgan fingerprint density at radius 3 is 2.32 bits per heavy atom. The fourth-order valence-corrected chi connectivity index (χ4v) is 2.81. The lowest BCUT2D eigenvalue weighted by atomic mass is 9.95. The van der Waals surface area contributed by atoms with Crippen molar-refractivity contribution in [3.63, 3.8) is 0 Å². The van der Waals surface area contributed by atoms with Crippen LogP contribution < -0.4 is 5.43 Å². The Kier molecular flexibility index (Phi) is 4.05. The molecule has 0 spiro atoms. The van der Waals surface area contributed by atoms with Gasteiger partial charge in [-0.3, -0.25) is 15.0 Å². The fraction of sp³-hybridized carbons (Fsp3) is 0.125. The number of hydrogen-bond acceptors (Lipinski definition) is 2. The molecule has 0 bridgehead atoms. The minimum absolute atomic E-state index is 0.328. The van der Waals surface area contributed by atoms with E-state index in [0.717, 1.165) is 5.56 Å². The van der Waals surface area contributed by atoms with E-state index in [0.29, 0.717) is 10.6 Å². The van der Waals surface area contributed by atoms with E-state index < -0.39 is 11.4 Å². The second-order valence-corrected chi connectivity index (χ2v) is 5.82. The molecule has 0 saturated carbocycles. The Hall–Kier alpha value is -2.04. The second-order valence-electron chi connectivity index (χ2n) is 4.91. The maximum atomic E-state index is 12.2. The molecular formula is C16H12Cl2N2O2. The molecule has 1 saturated heterocycles. The van der Waals surface area contributed by atoms with E-state index in [9.17, 15) is 9.59 Å². The summed E-state index contributed by atoms with van der Waals surface area (Å²) in [4.78, 5) is 24.1. The van der Waals surface area contributed by atoms with Gasteiger partial charge in [-0.2, -0.15) is 0 Å². The van der Waals surface area contributed by atoms with Crippen LogP contribution in [-0.2, 0) is 4.79 Å². The molecule has 2 amide bonds. The first kappa shape index (κ1) is 14.9. The Bertz CT molecular complexity index is 704. The van der Waals surface area contributed by atoms with Gasteiger partial charge in [0.15, 0.2) is 0 Å². The Morgan fingerprint density at radius 2 is 1.68 bits per heavy atom. The summed E-state index contributed by atoms with van der Waals surface area (Å²) in [7, 11) is 0. The van der Waals surface area contributed by atoms with Gasteiger partial charge in [0, 0.05) is 10.6 Å². The minimum Gasteiger partial charge on any atom is -0.271 e. The molecule has 6 heteroatoms. The minimum atomic E-state index is -0.697. The van der Waals surface area contributed by atoms with Crippen molar-refractivity contribution in [2.45, 2.75) is 11.4 Å². The largest absolute Gasteiger partial charge is 0.271 e. The van der Waals surface area contributed by atoms with Gasteiger partial charge in [-0.05, 0) is 29.8 Å². The summed E-state index contributed by atoms with van der Waals surface area (Å²) >= 11 is 11.9. The SMILES string of the molecule is O=C(NN1C(=O)C(Cl)C1c1ccc(Cl)cc1)c1ccccc1. The van der Waals surface area contributed by atoms with Gasteiger partial charge in [0.25, 0.3) is 11.8 Å². The average Bonchev–Trinajstić information content (AvgIpc) is 2.56. The number of β-lactam (4-membered cyclic amide) rings is 1. The highest BCUT2D eigenvalue weighted by atomic mass is 35.5. The Labute approximate surface area is 137 Å². The smallest absolute Gasteiger partial charge is 0.269 e. The van der Waals surface area contributed by atoms with Crippen molar-refractivity contribution in [3.8, 4) is 0 Å². The number of nitrogens with one attached hydrogen (secondary N) is 1. The predicted octanol–water partition coefficient (Wildman–Crippen LogP) is 3.18. The molecule has 0 radical (unpaired) electrons. The predicted molar refractivity (Wildman–Crippen MR) is 84.6 cm³/mol. The number of hydrogen-bond donors (Lipinski definition) is 1. The van der Waals surface area contributed by atoms with Crippen LogP contribution >= 0.6 is 23.2 Å². The van der Waals surface area contributed by atoms with E-state index in [1.54, 1.807) is 48.5 Å². The maximum Gasteiger partial charge on any atom is 0.269 e. The van der Waals surface area contributed by atoms with Crippen LogP contribution in [0, 0.1) is 0 Å². The number of hydrazine groups is 1. The molecule has 0 aliphatic carbocycles. The number of amides is 2. The van der Waals surface area contributed by atoms with E-state index in [1.165, 1.54) is 5.01 Å². The van der Waals surface area contributed by atoms with E-state index in [2.05, 4.69) is 5.43 Å². The molecule has 1 aliphatic rings. The number of alkyl halides is 1. The van der Waals surface area contributed by atoms with Crippen LogP contribution in [0.25, 0.3) is 0 Å². The Morgan fingerprint density at radius 1 is 1.05 bits per heavy atom. The summed E-state index contributed by atoms with van der Waals surface area (Å²) in [6, 6.07) is 15.3. The van der Waals surface area contributed by atoms with Gasteiger partial charge in [-0.1, -0.05) is 41.9 Å². The van der Waals surface area contributed by atoms with Gasteiger partial charge in [0.1, 0.15) is 11.4 Å². The lowest BCUT2D eigenvalue weighted by Gasteiger charge is -2.43. The third-order valence-corrected chi connectivity index (χ3v) is 4.18. The lowest BCUT2D eigenvalue weighted by molar-refractivity contribution is -0.149. The Balaban J connectivity index is 1.78. The number of halogens is 2. The van der Waals surface area contributed by atoms with Crippen LogP contribution in [0.4, 0.5) is 0 Å². The summed E-state index contributed by atoms with van der Waals surface area (Å²) in [5, 5.41) is 1.16. The number of benzene rings is 2. The summed E-state index contributed by atoms with van der Waals surface area (Å²) in [5.74, 6) is -0.678. The van der Waals surface area contributed by atoms with Crippen LogP contribution in [0.2, 0.25) is 5.02 Å². The van der Waals surface area contributed by atoms with Crippen LogP contribution in [-0.4, -0.2) is 22.2 Å². The zero-order valence-corrected chi connectivity index (χ0v) is 12.9. The molecular weight excluding hydrogens is 323 g/mol. The normalized spacial score (nSPS) is 20.5. The van der Waals surface area contributed by atoms with Crippen LogP contribution in [0.3, 0.4) is 0 Å². The van der Waals surface area contributed by atoms with Crippen LogP contribution in [0.15, 0.2) is 54.6 Å². The molecule has 2 unspecified atom stereocenters. The van der Waals surface area contributed by atoms with Gasteiger partial charge >= 0.3 is 0 Å². The van der Waals surface area contributed by atoms with Crippen molar-refractivity contribution in [2.75, 3.05) is 0 Å². The number of carbonyl (C=O) groups is 2. The van der Waals surface area contributed by atoms with Gasteiger partial charge in [0.2, 0.25) is 0 Å². The van der Waals surface area contributed by atoms with Gasteiger partial charge in [0.05, 0.1) is 0 Å². The molecule has 2 aromatic carbocycles. The molecule has 3 rings (SSSR count). The van der Waals surface area contributed by atoms with E-state index in [1.807, 2.05) is 6.07 Å². The van der Waals surface area contributed by atoms with Crippen molar-refractivity contribution in [1.82, 2.24) is 10.4 Å². The summed E-state index contributed by atoms with van der Waals surface area (Å²) in [6.45, 7) is 0. The van der Waals surface area contributed by atoms with Crippen molar-refractivity contribution < 1.29 is 9.59 Å². The quantitative estimate of drug-likeness (QED) is 0.692. The van der Waals surface area contributed by atoms with Gasteiger partial charge < -0.3 is 0 Å².